The summed E-state index contributed by atoms with van der Waals surface area (Å²) in [6.45, 7) is 1.92. The Kier molecular flexibility index (Phi) is 4.77. The van der Waals surface area contributed by atoms with Gasteiger partial charge in [-0.15, -0.1) is 0 Å². The Labute approximate surface area is 122 Å². The fourth-order valence-electron chi connectivity index (χ4n) is 1.84. The second-order valence-corrected chi connectivity index (χ2v) is 4.59. The predicted octanol–water partition coefficient (Wildman–Crippen LogP) is 3.19. The van der Waals surface area contributed by atoms with E-state index >= 15 is 0 Å². The molecule has 0 radical (unpaired) electrons. The van der Waals surface area contributed by atoms with Crippen LogP contribution in [0.25, 0.3) is 0 Å². The van der Waals surface area contributed by atoms with Crippen LogP contribution in [0.5, 0.6) is 5.75 Å². The van der Waals surface area contributed by atoms with Crippen molar-refractivity contribution in [2.24, 2.45) is 0 Å². The maximum atomic E-state index is 13.1. The molecule has 0 saturated carbocycles. The summed E-state index contributed by atoms with van der Waals surface area (Å²) < 4.78 is 18.2. The van der Waals surface area contributed by atoms with E-state index in [1.54, 1.807) is 37.4 Å². The van der Waals surface area contributed by atoms with Gasteiger partial charge in [0.05, 0.1) is 13.7 Å². The molecule has 2 N–H and O–H groups in total. The first kappa shape index (κ1) is 14.8. The summed E-state index contributed by atoms with van der Waals surface area (Å²) in [4.78, 5) is 11.8. The summed E-state index contributed by atoms with van der Waals surface area (Å²) in [6, 6.07) is 11.5. The number of carbonyl (C=O) groups is 1. The van der Waals surface area contributed by atoms with Crippen molar-refractivity contribution in [3.05, 3.63) is 53.8 Å². The SMILES string of the molecule is COc1ccc(NC(=O)CNc2cc(F)ccc2C)cc1. The number of aryl methyl sites for hydroxylation is 1. The topological polar surface area (TPSA) is 50.4 Å². The summed E-state index contributed by atoms with van der Waals surface area (Å²) in [6.07, 6.45) is 0. The number of amides is 1. The molecule has 2 rings (SSSR count). The van der Waals surface area contributed by atoms with Crippen molar-refractivity contribution in [3.8, 4) is 5.75 Å². The number of benzene rings is 2. The molecule has 0 aliphatic carbocycles. The molecule has 21 heavy (non-hydrogen) atoms. The molecule has 0 aromatic heterocycles. The second-order valence-electron chi connectivity index (χ2n) is 4.59. The number of nitrogens with one attached hydrogen (secondary N) is 2. The molecular weight excluding hydrogens is 271 g/mol. The van der Waals surface area contributed by atoms with Crippen LogP contribution < -0.4 is 15.4 Å². The minimum atomic E-state index is -0.335. The molecule has 0 atom stereocenters. The van der Waals surface area contributed by atoms with Gasteiger partial charge in [0.2, 0.25) is 5.91 Å². The van der Waals surface area contributed by atoms with Crippen molar-refractivity contribution in [1.82, 2.24) is 0 Å². The number of carbonyl (C=O) groups excluding carboxylic acids is 1. The number of rotatable bonds is 5. The van der Waals surface area contributed by atoms with Gasteiger partial charge in [0.25, 0.3) is 0 Å². The van der Waals surface area contributed by atoms with E-state index in [4.69, 9.17) is 4.74 Å². The summed E-state index contributed by atoms with van der Waals surface area (Å²) in [5.74, 6) is 0.184. The van der Waals surface area contributed by atoms with Gasteiger partial charge in [-0.3, -0.25) is 4.79 Å². The lowest BCUT2D eigenvalue weighted by atomic mass is 10.2. The minimum absolute atomic E-state index is 0.0658. The van der Waals surface area contributed by atoms with Crippen LogP contribution in [0.3, 0.4) is 0 Å². The van der Waals surface area contributed by atoms with Crippen LogP contribution in [0.2, 0.25) is 0 Å². The molecule has 0 aliphatic heterocycles. The smallest absolute Gasteiger partial charge is 0.243 e. The van der Waals surface area contributed by atoms with Crippen LogP contribution >= 0.6 is 0 Å². The third-order valence-corrected chi connectivity index (χ3v) is 3.01. The van der Waals surface area contributed by atoms with Gasteiger partial charge < -0.3 is 15.4 Å². The zero-order valence-corrected chi connectivity index (χ0v) is 11.9. The third kappa shape index (κ3) is 4.21. The third-order valence-electron chi connectivity index (χ3n) is 3.01. The van der Waals surface area contributed by atoms with Crippen molar-refractivity contribution in [2.75, 3.05) is 24.3 Å². The first-order valence-corrected chi connectivity index (χ1v) is 6.52. The first-order valence-electron chi connectivity index (χ1n) is 6.52. The molecule has 0 unspecified atom stereocenters. The maximum absolute atomic E-state index is 13.1. The van der Waals surface area contributed by atoms with Gasteiger partial charge >= 0.3 is 0 Å². The lowest BCUT2D eigenvalue weighted by Crippen LogP contribution is -2.22. The Morgan fingerprint density at radius 2 is 1.90 bits per heavy atom. The highest BCUT2D eigenvalue weighted by atomic mass is 19.1. The van der Waals surface area contributed by atoms with E-state index in [0.717, 1.165) is 11.3 Å². The zero-order chi connectivity index (χ0) is 15.2. The fourth-order valence-corrected chi connectivity index (χ4v) is 1.84. The van der Waals surface area contributed by atoms with E-state index in [-0.39, 0.29) is 18.3 Å². The number of hydrogen-bond acceptors (Lipinski definition) is 3. The maximum Gasteiger partial charge on any atom is 0.243 e. The van der Waals surface area contributed by atoms with Crippen molar-refractivity contribution < 1.29 is 13.9 Å². The molecule has 4 nitrogen and oxygen atoms in total. The fraction of sp³-hybridized carbons (Fsp3) is 0.188. The van der Waals surface area contributed by atoms with Gasteiger partial charge in [0.1, 0.15) is 11.6 Å². The molecule has 1 amide bonds. The highest BCUT2D eigenvalue weighted by Crippen LogP contribution is 2.16. The Bertz CT molecular complexity index is 627. The molecule has 2 aromatic carbocycles. The number of hydrogen-bond donors (Lipinski definition) is 2. The zero-order valence-electron chi connectivity index (χ0n) is 11.9. The van der Waals surface area contributed by atoms with Crippen molar-refractivity contribution in [3.63, 3.8) is 0 Å². The van der Waals surface area contributed by atoms with Crippen LogP contribution in [0.4, 0.5) is 15.8 Å². The van der Waals surface area contributed by atoms with Gasteiger partial charge in [-0.1, -0.05) is 6.07 Å². The number of halogens is 1. The van der Waals surface area contributed by atoms with Gasteiger partial charge in [-0.05, 0) is 48.9 Å². The van der Waals surface area contributed by atoms with Crippen LogP contribution in [0, 0.1) is 12.7 Å². The highest BCUT2D eigenvalue weighted by molar-refractivity contribution is 5.93. The molecular formula is C16H17FN2O2. The number of methoxy groups -OCH3 is 1. The van der Waals surface area contributed by atoms with Gasteiger partial charge in [0, 0.05) is 11.4 Å². The van der Waals surface area contributed by atoms with Gasteiger partial charge in [0.15, 0.2) is 0 Å². The molecule has 5 heteroatoms. The summed E-state index contributed by atoms with van der Waals surface area (Å²) in [7, 11) is 1.58. The quantitative estimate of drug-likeness (QED) is 0.888. The van der Waals surface area contributed by atoms with E-state index in [2.05, 4.69) is 10.6 Å². The number of anilines is 2. The lowest BCUT2D eigenvalue weighted by molar-refractivity contribution is -0.114. The predicted molar refractivity (Wildman–Crippen MR) is 81.3 cm³/mol. The molecule has 2 aromatic rings. The lowest BCUT2D eigenvalue weighted by Gasteiger charge is -2.10. The Morgan fingerprint density at radius 1 is 1.19 bits per heavy atom. The molecule has 0 saturated heterocycles. The van der Waals surface area contributed by atoms with Crippen molar-refractivity contribution >= 4 is 17.3 Å². The standard InChI is InChI=1S/C16H17FN2O2/c1-11-3-4-12(17)9-15(11)18-10-16(20)19-13-5-7-14(21-2)8-6-13/h3-9,18H,10H2,1-2H3,(H,19,20). The van der Waals surface area contributed by atoms with Crippen LogP contribution in [0.1, 0.15) is 5.56 Å². The summed E-state index contributed by atoms with van der Waals surface area (Å²) in [5, 5.41) is 5.67. The van der Waals surface area contributed by atoms with E-state index in [0.29, 0.717) is 11.4 Å². The molecule has 110 valence electrons. The second kappa shape index (κ2) is 6.74. The summed E-state index contributed by atoms with van der Waals surface area (Å²) >= 11 is 0. The largest absolute Gasteiger partial charge is 0.497 e. The molecule has 0 fully saturated rings. The Balaban J connectivity index is 1.91. The van der Waals surface area contributed by atoms with E-state index in [9.17, 15) is 9.18 Å². The average Bonchev–Trinajstić information content (AvgIpc) is 2.49. The van der Waals surface area contributed by atoms with Gasteiger partial charge in [-0.2, -0.15) is 0 Å². The van der Waals surface area contributed by atoms with Crippen LogP contribution in [0.15, 0.2) is 42.5 Å². The molecule has 0 spiro atoms. The van der Waals surface area contributed by atoms with Crippen molar-refractivity contribution in [1.29, 1.82) is 0 Å². The Hall–Kier alpha value is -2.56. The van der Waals surface area contributed by atoms with Crippen LogP contribution in [-0.4, -0.2) is 19.6 Å². The average molecular weight is 288 g/mol. The highest BCUT2D eigenvalue weighted by Gasteiger charge is 2.05. The Morgan fingerprint density at radius 3 is 2.57 bits per heavy atom. The molecule has 0 heterocycles. The van der Waals surface area contributed by atoms with Crippen molar-refractivity contribution in [2.45, 2.75) is 6.92 Å². The molecule has 0 aliphatic rings. The normalized spacial score (nSPS) is 10.0. The molecule has 0 bridgehead atoms. The minimum Gasteiger partial charge on any atom is -0.497 e. The summed E-state index contributed by atoms with van der Waals surface area (Å²) in [5.41, 5.74) is 2.17. The monoisotopic (exact) mass is 288 g/mol. The van der Waals surface area contributed by atoms with Crippen LogP contribution in [-0.2, 0) is 4.79 Å². The van der Waals surface area contributed by atoms with Gasteiger partial charge in [-0.25, -0.2) is 4.39 Å². The number of ether oxygens (including phenoxy) is 1. The van der Waals surface area contributed by atoms with E-state index in [1.807, 2.05) is 6.92 Å². The van der Waals surface area contributed by atoms with E-state index in [1.165, 1.54) is 12.1 Å². The van der Waals surface area contributed by atoms with E-state index < -0.39 is 0 Å². The first-order chi connectivity index (χ1) is 10.1.